The summed E-state index contributed by atoms with van der Waals surface area (Å²) in [5.41, 5.74) is 3.49. The summed E-state index contributed by atoms with van der Waals surface area (Å²) in [4.78, 5) is 26.4. The van der Waals surface area contributed by atoms with Gasteiger partial charge < -0.3 is 19.9 Å². The van der Waals surface area contributed by atoms with Crippen molar-refractivity contribution in [1.82, 2.24) is 10.2 Å². The Bertz CT molecular complexity index is 996. The van der Waals surface area contributed by atoms with E-state index in [4.69, 9.17) is 9.47 Å². The summed E-state index contributed by atoms with van der Waals surface area (Å²) in [6.45, 7) is 5.11. The van der Waals surface area contributed by atoms with Gasteiger partial charge in [0.05, 0.1) is 12.7 Å². The van der Waals surface area contributed by atoms with E-state index >= 15 is 0 Å². The molecule has 1 saturated heterocycles. The molecule has 0 saturated carbocycles. The van der Waals surface area contributed by atoms with Gasteiger partial charge in [0, 0.05) is 24.6 Å². The third-order valence-electron chi connectivity index (χ3n) is 6.98. The number of hydrogen-bond donors (Lipinski definition) is 2. The highest BCUT2D eigenvalue weighted by atomic mass is 16.5. The van der Waals surface area contributed by atoms with Crippen molar-refractivity contribution in [2.45, 2.75) is 63.8 Å². The van der Waals surface area contributed by atoms with Crippen LogP contribution in [0.1, 0.15) is 60.6 Å². The largest absolute Gasteiger partial charge is 0.507 e. The number of piperidine rings is 1. The molecular formula is C27H34N2O5. The average Bonchev–Trinajstić information content (AvgIpc) is 2.86. The first-order valence-electron chi connectivity index (χ1n) is 12.2. The van der Waals surface area contributed by atoms with Crippen LogP contribution in [0.2, 0.25) is 0 Å². The molecule has 2 aliphatic rings. The Labute approximate surface area is 201 Å². The zero-order valence-electron chi connectivity index (χ0n) is 19.9. The maximum atomic E-state index is 13.2. The van der Waals surface area contributed by atoms with Crippen molar-refractivity contribution >= 4 is 12.4 Å². The van der Waals surface area contributed by atoms with Crippen LogP contribution in [-0.2, 0) is 25.5 Å². The number of ether oxygens (including phenoxy) is 2. The number of nitrogens with zero attached hydrogens (tertiary/aromatic N) is 1. The second-order valence-electron chi connectivity index (χ2n) is 9.06. The van der Waals surface area contributed by atoms with Gasteiger partial charge in [-0.3, -0.25) is 9.69 Å². The van der Waals surface area contributed by atoms with E-state index in [1.165, 1.54) is 0 Å². The maximum absolute atomic E-state index is 13.2. The van der Waals surface area contributed by atoms with E-state index in [0.717, 1.165) is 48.1 Å². The number of hydrogen-bond acceptors (Lipinski definition) is 6. The van der Waals surface area contributed by atoms with Crippen LogP contribution in [-0.4, -0.2) is 54.2 Å². The molecule has 0 spiro atoms. The smallest absolute Gasteiger partial charge is 0.328 e. The van der Waals surface area contributed by atoms with E-state index in [0.29, 0.717) is 26.0 Å². The van der Waals surface area contributed by atoms with Gasteiger partial charge in [-0.05, 0) is 49.9 Å². The fraction of sp³-hybridized carbons (Fsp3) is 0.481. The minimum atomic E-state index is -0.519. The molecule has 1 fully saturated rings. The van der Waals surface area contributed by atoms with Crippen LogP contribution in [0.25, 0.3) is 0 Å². The normalized spacial score (nSPS) is 23.5. The Kier molecular flexibility index (Phi) is 7.85. The number of likely N-dealkylation sites (tertiary alicyclic amines) is 1. The molecule has 0 bridgehead atoms. The maximum Gasteiger partial charge on any atom is 0.328 e. The van der Waals surface area contributed by atoms with Gasteiger partial charge in [-0.25, -0.2) is 4.79 Å². The van der Waals surface area contributed by atoms with Crippen LogP contribution in [0.5, 0.6) is 5.75 Å². The van der Waals surface area contributed by atoms with Gasteiger partial charge in [-0.1, -0.05) is 48.9 Å². The molecule has 0 radical (unpaired) electrons. The molecule has 182 valence electrons. The molecule has 4 rings (SSSR count). The van der Waals surface area contributed by atoms with Crippen molar-refractivity contribution in [2.24, 2.45) is 0 Å². The van der Waals surface area contributed by atoms with Gasteiger partial charge in [0.15, 0.2) is 0 Å². The molecule has 7 heteroatoms. The van der Waals surface area contributed by atoms with Crippen LogP contribution in [0.15, 0.2) is 42.5 Å². The predicted molar refractivity (Wildman–Crippen MR) is 128 cm³/mol. The van der Waals surface area contributed by atoms with Crippen molar-refractivity contribution in [3.63, 3.8) is 0 Å². The van der Waals surface area contributed by atoms with E-state index < -0.39 is 6.04 Å². The first-order chi connectivity index (χ1) is 16.5. The first kappa shape index (κ1) is 24.2. The minimum Gasteiger partial charge on any atom is -0.507 e. The molecule has 4 atom stereocenters. The van der Waals surface area contributed by atoms with Crippen molar-refractivity contribution < 1.29 is 24.2 Å². The second-order valence-corrected chi connectivity index (χ2v) is 9.06. The second kappa shape index (κ2) is 11.0. The lowest BCUT2D eigenvalue weighted by atomic mass is 9.85. The third kappa shape index (κ3) is 4.95. The van der Waals surface area contributed by atoms with Crippen LogP contribution in [0, 0.1) is 6.92 Å². The summed E-state index contributed by atoms with van der Waals surface area (Å²) in [6.07, 6.45) is 3.51. The zero-order valence-corrected chi connectivity index (χ0v) is 19.9. The van der Waals surface area contributed by atoms with Crippen molar-refractivity contribution in [3.8, 4) is 5.75 Å². The first-order valence-corrected chi connectivity index (χ1v) is 12.2. The van der Waals surface area contributed by atoms with E-state index in [1.807, 2.05) is 56.3 Å². The number of carbonyl (C=O) groups excluding carboxylic acids is 2. The van der Waals surface area contributed by atoms with Crippen molar-refractivity contribution in [2.75, 3.05) is 19.7 Å². The highest BCUT2D eigenvalue weighted by molar-refractivity contribution is 5.77. The van der Waals surface area contributed by atoms with E-state index in [9.17, 15) is 14.7 Å². The number of aryl methyl sites for hydroxylation is 1. The molecule has 7 nitrogen and oxygen atoms in total. The number of fused-ring (bicyclic) bond motifs is 1. The summed E-state index contributed by atoms with van der Waals surface area (Å²) in [7, 11) is 0. The van der Waals surface area contributed by atoms with Crippen LogP contribution >= 0.6 is 0 Å². The quantitative estimate of drug-likeness (QED) is 0.457. The lowest BCUT2D eigenvalue weighted by Crippen LogP contribution is -2.53. The fourth-order valence-corrected chi connectivity index (χ4v) is 5.38. The summed E-state index contributed by atoms with van der Waals surface area (Å²) < 4.78 is 12.1. The number of esters is 1. The number of nitrogens with one attached hydrogen (secondary N) is 1. The Morgan fingerprint density at radius 1 is 1.26 bits per heavy atom. The van der Waals surface area contributed by atoms with Crippen molar-refractivity contribution in [1.29, 1.82) is 0 Å². The Morgan fingerprint density at radius 2 is 2.06 bits per heavy atom. The Morgan fingerprint density at radius 3 is 2.79 bits per heavy atom. The summed E-state index contributed by atoms with van der Waals surface area (Å²) in [6, 6.07) is 13.1. The van der Waals surface area contributed by atoms with Gasteiger partial charge in [0.2, 0.25) is 6.41 Å². The molecule has 1 amide bonds. The molecule has 2 unspecified atom stereocenters. The zero-order chi connectivity index (χ0) is 24.1. The highest BCUT2D eigenvalue weighted by Gasteiger charge is 2.42. The number of phenolic OH excluding ortho intramolecular Hbond substituents is 1. The Hall–Kier alpha value is -2.90. The number of carbonyl (C=O) groups is 2. The van der Waals surface area contributed by atoms with Gasteiger partial charge >= 0.3 is 5.97 Å². The molecule has 2 aromatic carbocycles. The number of rotatable bonds is 8. The molecule has 0 aliphatic carbocycles. The SMILES string of the molecule is CCOC(=O)C(c1ccccc1)N1CCCCC1[C@@H]1Cc2c(ccc(C)c2O)[C@H](CNC=O)O1. The lowest BCUT2D eigenvalue weighted by molar-refractivity contribution is -0.155. The molecule has 2 N–H and O–H groups in total. The summed E-state index contributed by atoms with van der Waals surface area (Å²) in [5, 5.41) is 13.6. The van der Waals surface area contributed by atoms with E-state index in [-0.39, 0.29) is 30.0 Å². The van der Waals surface area contributed by atoms with Gasteiger partial charge in [-0.2, -0.15) is 0 Å². The monoisotopic (exact) mass is 466 g/mol. The number of amides is 1. The number of aromatic hydroxyl groups is 1. The van der Waals surface area contributed by atoms with Gasteiger partial charge in [0.25, 0.3) is 0 Å². The Balaban J connectivity index is 1.70. The third-order valence-corrected chi connectivity index (χ3v) is 6.98. The van der Waals surface area contributed by atoms with Gasteiger partial charge in [0.1, 0.15) is 17.9 Å². The molecule has 2 aliphatic heterocycles. The molecule has 2 aromatic rings. The molecule has 0 aromatic heterocycles. The van der Waals surface area contributed by atoms with E-state index in [2.05, 4.69) is 10.2 Å². The fourth-order valence-electron chi connectivity index (χ4n) is 5.38. The van der Waals surface area contributed by atoms with Gasteiger partial charge in [-0.15, -0.1) is 0 Å². The summed E-state index contributed by atoms with van der Waals surface area (Å²) >= 11 is 0. The lowest BCUT2D eigenvalue weighted by Gasteiger charge is -2.46. The van der Waals surface area contributed by atoms with Crippen LogP contribution < -0.4 is 5.32 Å². The molecule has 34 heavy (non-hydrogen) atoms. The van der Waals surface area contributed by atoms with Crippen molar-refractivity contribution in [3.05, 3.63) is 64.7 Å². The minimum absolute atomic E-state index is 0.0323. The highest BCUT2D eigenvalue weighted by Crippen LogP contribution is 2.41. The topological polar surface area (TPSA) is 88.1 Å². The summed E-state index contributed by atoms with van der Waals surface area (Å²) in [5.74, 6) is 0.0314. The average molecular weight is 467 g/mol. The van der Waals surface area contributed by atoms with E-state index in [1.54, 1.807) is 0 Å². The standard InChI is InChI=1S/C27H34N2O5/c1-3-33-27(32)25(19-9-5-4-6-10-19)29-14-8-7-11-22(29)23-15-21-20(13-12-18(2)26(21)31)24(34-23)16-28-17-30/h4-6,9-10,12-13,17,22-25,31H,3,7-8,11,14-16H2,1-2H3,(H,28,30)/t22?,23-,24-,25?/m0/s1. The predicted octanol–water partition coefficient (Wildman–Crippen LogP) is 3.59. The van der Waals surface area contributed by atoms with Crippen LogP contribution in [0.3, 0.4) is 0 Å². The number of phenols is 1. The number of benzene rings is 2. The molecule has 2 heterocycles. The molecular weight excluding hydrogens is 432 g/mol. The van der Waals surface area contributed by atoms with Crippen LogP contribution in [0.4, 0.5) is 0 Å².